The summed E-state index contributed by atoms with van der Waals surface area (Å²) in [5, 5.41) is 3.67. The molecule has 1 N–H and O–H groups in total. The van der Waals surface area contributed by atoms with E-state index in [1.807, 2.05) is 0 Å². The first-order valence-corrected chi connectivity index (χ1v) is 7.72. The predicted octanol–water partition coefficient (Wildman–Crippen LogP) is 4.00. The van der Waals surface area contributed by atoms with E-state index in [0.29, 0.717) is 11.5 Å². The van der Waals surface area contributed by atoms with E-state index in [1.54, 1.807) is 0 Å². The van der Waals surface area contributed by atoms with Gasteiger partial charge in [-0.15, -0.1) is 0 Å². The van der Waals surface area contributed by atoms with Crippen molar-refractivity contribution in [3.05, 3.63) is 33.4 Å². The van der Waals surface area contributed by atoms with Gasteiger partial charge >= 0.3 is 0 Å². The molecule has 1 saturated carbocycles. The van der Waals surface area contributed by atoms with Crippen LogP contribution in [0, 0.1) is 8.99 Å². The van der Waals surface area contributed by atoms with Gasteiger partial charge in [0.15, 0.2) is 0 Å². The fourth-order valence-corrected chi connectivity index (χ4v) is 2.87. The second-order valence-corrected chi connectivity index (χ2v) is 6.59. The minimum Gasteiger partial charge on any atom is -0.314 e. The molecule has 17 heavy (non-hydrogen) atoms. The molecule has 2 rings (SSSR count). The third-order valence-corrected chi connectivity index (χ3v) is 4.70. The van der Waals surface area contributed by atoms with E-state index in [9.17, 15) is 0 Å². The fraction of sp³-hybridized carbons (Fsp3) is 0.600. The SMILES string of the molecule is CCCNC(C)C1(Cc2ccc(I)cc2)CC1. The van der Waals surface area contributed by atoms with E-state index in [0.717, 1.165) is 6.54 Å². The molecule has 1 atom stereocenters. The lowest BCUT2D eigenvalue weighted by atomic mass is 9.90. The number of rotatable bonds is 6. The van der Waals surface area contributed by atoms with Crippen LogP contribution in [0.3, 0.4) is 0 Å². The van der Waals surface area contributed by atoms with E-state index < -0.39 is 0 Å². The molecule has 1 aromatic rings. The van der Waals surface area contributed by atoms with Crippen molar-refractivity contribution >= 4 is 22.6 Å². The van der Waals surface area contributed by atoms with Gasteiger partial charge in [0.1, 0.15) is 0 Å². The molecule has 0 aliphatic heterocycles. The summed E-state index contributed by atoms with van der Waals surface area (Å²) < 4.78 is 1.33. The van der Waals surface area contributed by atoms with Crippen LogP contribution in [0.1, 0.15) is 38.7 Å². The molecule has 1 nitrogen and oxygen atoms in total. The molecular formula is C15H22IN. The smallest absolute Gasteiger partial charge is 0.0130 e. The van der Waals surface area contributed by atoms with Crippen molar-refractivity contribution in [1.82, 2.24) is 5.32 Å². The summed E-state index contributed by atoms with van der Waals surface area (Å²) in [6, 6.07) is 9.66. The standard InChI is InChI=1S/C15H22IN/c1-3-10-17-12(2)15(8-9-15)11-13-4-6-14(16)7-5-13/h4-7,12,17H,3,8-11H2,1-2H3. The van der Waals surface area contributed by atoms with Crippen LogP contribution in [0.2, 0.25) is 0 Å². The molecule has 1 aliphatic rings. The van der Waals surface area contributed by atoms with Gasteiger partial charge in [0.25, 0.3) is 0 Å². The summed E-state index contributed by atoms with van der Waals surface area (Å²) in [4.78, 5) is 0. The molecule has 0 spiro atoms. The van der Waals surface area contributed by atoms with E-state index in [2.05, 4.69) is 66.0 Å². The summed E-state index contributed by atoms with van der Waals surface area (Å²) in [5.74, 6) is 0. The zero-order valence-electron chi connectivity index (χ0n) is 10.8. The average molecular weight is 343 g/mol. The first kappa shape index (κ1) is 13.3. The molecule has 2 heteroatoms. The Hall–Kier alpha value is -0.0900. The maximum Gasteiger partial charge on any atom is 0.0130 e. The average Bonchev–Trinajstić information content (AvgIpc) is 3.10. The largest absolute Gasteiger partial charge is 0.314 e. The Morgan fingerprint density at radius 2 is 1.94 bits per heavy atom. The Morgan fingerprint density at radius 3 is 2.47 bits per heavy atom. The van der Waals surface area contributed by atoms with Crippen LogP contribution >= 0.6 is 22.6 Å². The first-order valence-electron chi connectivity index (χ1n) is 6.64. The Morgan fingerprint density at radius 1 is 1.29 bits per heavy atom. The highest BCUT2D eigenvalue weighted by Crippen LogP contribution is 2.51. The highest BCUT2D eigenvalue weighted by Gasteiger charge is 2.46. The normalized spacial score (nSPS) is 19.0. The second kappa shape index (κ2) is 5.70. The van der Waals surface area contributed by atoms with Crippen molar-refractivity contribution in [3.8, 4) is 0 Å². The molecule has 0 amide bonds. The van der Waals surface area contributed by atoms with Crippen molar-refractivity contribution in [3.63, 3.8) is 0 Å². The van der Waals surface area contributed by atoms with Crippen molar-refractivity contribution in [1.29, 1.82) is 0 Å². The number of hydrogen-bond acceptors (Lipinski definition) is 1. The van der Waals surface area contributed by atoms with Crippen molar-refractivity contribution in [2.24, 2.45) is 5.41 Å². The number of benzene rings is 1. The number of hydrogen-bond donors (Lipinski definition) is 1. The Bertz CT molecular complexity index is 354. The van der Waals surface area contributed by atoms with Gasteiger partial charge in [-0.1, -0.05) is 19.1 Å². The Labute approximate surface area is 119 Å². The predicted molar refractivity (Wildman–Crippen MR) is 82.3 cm³/mol. The quantitative estimate of drug-likeness (QED) is 0.770. The Balaban J connectivity index is 1.95. The van der Waals surface area contributed by atoms with Crippen molar-refractivity contribution in [2.45, 2.75) is 45.6 Å². The van der Waals surface area contributed by atoms with Gasteiger partial charge in [0.05, 0.1) is 0 Å². The van der Waals surface area contributed by atoms with E-state index in [4.69, 9.17) is 0 Å². The van der Waals surface area contributed by atoms with Gasteiger partial charge in [0, 0.05) is 9.61 Å². The molecule has 0 radical (unpaired) electrons. The summed E-state index contributed by atoms with van der Waals surface area (Å²) >= 11 is 2.37. The van der Waals surface area contributed by atoms with Crippen molar-refractivity contribution in [2.75, 3.05) is 6.54 Å². The number of nitrogens with one attached hydrogen (secondary N) is 1. The summed E-state index contributed by atoms with van der Waals surface area (Å²) in [6.45, 7) is 5.74. The monoisotopic (exact) mass is 343 g/mol. The lowest BCUT2D eigenvalue weighted by Crippen LogP contribution is -2.36. The lowest BCUT2D eigenvalue weighted by molar-refractivity contribution is 0.350. The zero-order valence-corrected chi connectivity index (χ0v) is 13.0. The van der Waals surface area contributed by atoms with Gasteiger partial charge in [0.2, 0.25) is 0 Å². The van der Waals surface area contributed by atoms with Gasteiger partial charge in [-0.25, -0.2) is 0 Å². The minimum atomic E-state index is 0.544. The van der Waals surface area contributed by atoms with Crippen molar-refractivity contribution < 1.29 is 0 Å². The molecule has 0 aromatic heterocycles. The zero-order chi connectivity index (χ0) is 12.3. The van der Waals surface area contributed by atoms with Gasteiger partial charge in [-0.05, 0) is 84.9 Å². The lowest BCUT2D eigenvalue weighted by Gasteiger charge is -2.24. The molecule has 0 heterocycles. The number of halogens is 1. The summed E-state index contributed by atoms with van der Waals surface area (Å²) in [6.07, 6.45) is 5.24. The molecule has 0 saturated heterocycles. The highest BCUT2D eigenvalue weighted by atomic mass is 127. The van der Waals surface area contributed by atoms with Crippen LogP contribution in [-0.2, 0) is 6.42 Å². The summed E-state index contributed by atoms with van der Waals surface area (Å²) in [7, 11) is 0. The summed E-state index contributed by atoms with van der Waals surface area (Å²) in [5.41, 5.74) is 2.04. The molecular weight excluding hydrogens is 321 g/mol. The molecule has 0 bridgehead atoms. The maximum atomic E-state index is 3.67. The molecule has 1 aromatic carbocycles. The molecule has 94 valence electrons. The van der Waals surface area contributed by atoms with Crippen LogP contribution in [0.4, 0.5) is 0 Å². The highest BCUT2D eigenvalue weighted by molar-refractivity contribution is 14.1. The van der Waals surface area contributed by atoms with Crippen LogP contribution in [-0.4, -0.2) is 12.6 Å². The van der Waals surface area contributed by atoms with Crippen LogP contribution < -0.4 is 5.32 Å². The van der Waals surface area contributed by atoms with E-state index in [-0.39, 0.29) is 0 Å². The topological polar surface area (TPSA) is 12.0 Å². The van der Waals surface area contributed by atoms with E-state index >= 15 is 0 Å². The first-order chi connectivity index (χ1) is 8.16. The van der Waals surface area contributed by atoms with Crippen LogP contribution in [0.15, 0.2) is 24.3 Å². The minimum absolute atomic E-state index is 0.544. The molecule has 1 fully saturated rings. The second-order valence-electron chi connectivity index (χ2n) is 5.34. The molecule has 1 unspecified atom stereocenters. The fourth-order valence-electron chi connectivity index (χ4n) is 2.51. The van der Waals surface area contributed by atoms with Gasteiger partial charge in [-0.3, -0.25) is 0 Å². The third-order valence-electron chi connectivity index (χ3n) is 3.98. The van der Waals surface area contributed by atoms with Gasteiger partial charge in [-0.2, -0.15) is 0 Å². The van der Waals surface area contributed by atoms with E-state index in [1.165, 1.54) is 34.8 Å². The molecule has 1 aliphatic carbocycles. The van der Waals surface area contributed by atoms with Gasteiger partial charge < -0.3 is 5.32 Å². The third kappa shape index (κ3) is 3.44. The van der Waals surface area contributed by atoms with Crippen LogP contribution in [0.5, 0.6) is 0 Å². The maximum absolute atomic E-state index is 3.67. The van der Waals surface area contributed by atoms with Crippen LogP contribution in [0.25, 0.3) is 0 Å². The Kier molecular flexibility index (Phi) is 4.47.